The van der Waals surface area contributed by atoms with Gasteiger partial charge in [0.15, 0.2) is 15.1 Å². The van der Waals surface area contributed by atoms with Crippen LogP contribution in [0.25, 0.3) is 0 Å². The van der Waals surface area contributed by atoms with Crippen molar-refractivity contribution in [3.05, 3.63) is 49.1 Å². The van der Waals surface area contributed by atoms with Crippen LogP contribution in [-0.2, 0) is 5.33 Å². The van der Waals surface area contributed by atoms with Crippen LogP contribution in [0.2, 0.25) is 0 Å². The van der Waals surface area contributed by atoms with Crippen LogP contribution in [0.15, 0.2) is 36.4 Å². The van der Waals surface area contributed by atoms with Gasteiger partial charge in [-0.1, -0.05) is 28.1 Å². The highest BCUT2D eigenvalue weighted by Crippen LogP contribution is 2.27. The molecule has 3 nitrogen and oxygen atoms in total. The van der Waals surface area contributed by atoms with Crippen LogP contribution < -0.4 is 35.4 Å². The second kappa shape index (κ2) is 7.89. The first-order valence-electron chi connectivity index (χ1n) is 6.31. The van der Waals surface area contributed by atoms with E-state index in [9.17, 15) is 0 Å². The Hall–Kier alpha value is -0.950. The molecule has 0 atom stereocenters. The number of halogens is 2. The Kier molecular flexibility index (Phi) is 6.17. The number of ether oxygens (including phenoxy) is 3. The molecule has 21 heavy (non-hydrogen) atoms. The number of hydrogen-bond donors (Lipinski definition) is 0. The van der Waals surface area contributed by atoms with Crippen LogP contribution in [0.5, 0.6) is 17.2 Å². The molecule has 0 bridgehead atoms. The molecule has 0 N–H and O–H groups in total. The topological polar surface area (TPSA) is 27.7 Å². The Labute approximate surface area is 144 Å². The minimum absolute atomic E-state index is 0.384. The van der Waals surface area contributed by atoms with E-state index in [0.29, 0.717) is 0 Å². The summed E-state index contributed by atoms with van der Waals surface area (Å²) >= 11 is 3.08. The van der Waals surface area contributed by atoms with Gasteiger partial charge >= 0.3 is 21.2 Å². The first-order chi connectivity index (χ1) is 10.2. The molecule has 0 unspecified atom stereocenters. The Balaban J connectivity index is 2.36. The lowest BCUT2D eigenvalue weighted by atomic mass is 10.2. The first kappa shape index (κ1) is 16.4. The fourth-order valence-corrected chi connectivity index (χ4v) is 4.80. The van der Waals surface area contributed by atoms with Crippen molar-refractivity contribution in [3.8, 4) is 17.2 Å². The highest BCUT2D eigenvalue weighted by atomic mass is 127. The molecule has 0 aliphatic heterocycles. The third-order valence-electron chi connectivity index (χ3n) is 2.93. The van der Waals surface area contributed by atoms with Crippen molar-refractivity contribution in [2.24, 2.45) is 0 Å². The van der Waals surface area contributed by atoms with Crippen LogP contribution in [0.1, 0.15) is 5.56 Å². The minimum Gasteiger partial charge on any atom is -0.496 e. The molecule has 0 saturated carbocycles. The summed E-state index contributed by atoms with van der Waals surface area (Å²) in [6, 6.07) is 12.5. The zero-order valence-electron chi connectivity index (χ0n) is 12.2. The predicted octanol–water partition coefficient (Wildman–Crippen LogP) is 0.736. The lowest BCUT2D eigenvalue weighted by Crippen LogP contribution is -3.61. The smallest absolute Gasteiger partial charge is 0.366 e. The van der Waals surface area contributed by atoms with Crippen LogP contribution in [0, 0.1) is 7.14 Å². The average molecular weight is 464 g/mol. The maximum absolute atomic E-state index is 5.51. The van der Waals surface area contributed by atoms with Gasteiger partial charge in [-0.05, 0) is 17.7 Å². The summed E-state index contributed by atoms with van der Waals surface area (Å²) in [6.07, 6.45) is 0. The van der Waals surface area contributed by atoms with E-state index >= 15 is 0 Å². The highest BCUT2D eigenvalue weighted by molar-refractivity contribution is 9.08. The van der Waals surface area contributed by atoms with Gasteiger partial charge in [-0.2, -0.15) is 0 Å². The SMILES string of the molecule is COc1cc(OC)c([I+]c2ccc(CBr)cc2)c(OC)c1. The number of rotatable bonds is 6. The van der Waals surface area contributed by atoms with Crippen LogP contribution >= 0.6 is 15.9 Å². The molecule has 0 fully saturated rings. The van der Waals surface area contributed by atoms with Crippen molar-refractivity contribution >= 4 is 15.9 Å². The van der Waals surface area contributed by atoms with Gasteiger partial charge in [-0.3, -0.25) is 0 Å². The molecule has 0 spiro atoms. The minimum atomic E-state index is -0.384. The van der Waals surface area contributed by atoms with E-state index in [0.717, 1.165) is 26.1 Å². The van der Waals surface area contributed by atoms with Crippen LogP contribution in [0.3, 0.4) is 0 Å². The number of benzene rings is 2. The van der Waals surface area contributed by atoms with E-state index in [4.69, 9.17) is 14.2 Å². The summed E-state index contributed by atoms with van der Waals surface area (Å²) in [5.41, 5.74) is 1.27. The third kappa shape index (κ3) is 4.03. The molecule has 0 aliphatic carbocycles. The second-order valence-electron chi connectivity index (χ2n) is 4.20. The summed E-state index contributed by atoms with van der Waals surface area (Å²) in [5, 5.41) is 0.876. The Bertz CT molecular complexity index is 574. The Morgan fingerprint density at radius 3 is 1.90 bits per heavy atom. The van der Waals surface area contributed by atoms with E-state index in [2.05, 4.69) is 40.2 Å². The van der Waals surface area contributed by atoms with Gasteiger partial charge in [0.05, 0.1) is 21.3 Å². The molecule has 0 aliphatic rings. The summed E-state index contributed by atoms with van der Waals surface area (Å²) in [7, 11) is 4.99. The van der Waals surface area contributed by atoms with Gasteiger partial charge in [-0.15, -0.1) is 0 Å². The molecule has 2 aromatic rings. The summed E-state index contributed by atoms with van der Waals surface area (Å²) in [5.74, 6) is 2.39. The van der Waals surface area contributed by atoms with Crippen molar-refractivity contribution in [3.63, 3.8) is 0 Å². The fraction of sp³-hybridized carbons (Fsp3) is 0.250. The van der Waals surface area contributed by atoms with Crippen molar-refractivity contribution in [1.82, 2.24) is 0 Å². The van der Waals surface area contributed by atoms with Gasteiger partial charge < -0.3 is 14.2 Å². The van der Waals surface area contributed by atoms with E-state index in [1.54, 1.807) is 21.3 Å². The predicted molar refractivity (Wildman–Crippen MR) is 82.6 cm³/mol. The molecule has 0 aromatic heterocycles. The standard InChI is InChI=1S/C16H17BrIO3/c1-19-13-8-14(20-2)16(15(9-13)21-3)18-12-6-4-11(10-17)5-7-12/h4-9H,10H2,1-3H3/q+1. The lowest BCUT2D eigenvalue weighted by molar-refractivity contribution is -0.598. The van der Waals surface area contributed by atoms with E-state index in [-0.39, 0.29) is 21.2 Å². The number of alkyl halides is 1. The molecule has 2 rings (SSSR count). The molecule has 2 aromatic carbocycles. The quantitative estimate of drug-likeness (QED) is 0.467. The number of hydrogen-bond acceptors (Lipinski definition) is 3. The molecule has 0 heterocycles. The number of methoxy groups -OCH3 is 3. The fourth-order valence-electron chi connectivity index (χ4n) is 1.80. The zero-order valence-corrected chi connectivity index (χ0v) is 15.9. The molecule has 112 valence electrons. The van der Waals surface area contributed by atoms with Gasteiger partial charge in [0.25, 0.3) is 3.57 Å². The van der Waals surface area contributed by atoms with Crippen molar-refractivity contribution < 1.29 is 35.4 Å². The van der Waals surface area contributed by atoms with Gasteiger partial charge in [-0.25, -0.2) is 0 Å². The normalized spacial score (nSPS) is 10.3. The average Bonchev–Trinajstić information content (AvgIpc) is 2.55. The monoisotopic (exact) mass is 463 g/mol. The summed E-state index contributed by atoms with van der Waals surface area (Å²) in [4.78, 5) is 0. The van der Waals surface area contributed by atoms with Gasteiger partial charge in [0.2, 0.25) is 0 Å². The highest BCUT2D eigenvalue weighted by Gasteiger charge is 2.27. The van der Waals surface area contributed by atoms with Gasteiger partial charge in [0, 0.05) is 17.5 Å². The molecular weight excluding hydrogens is 447 g/mol. The first-order valence-corrected chi connectivity index (χ1v) is 9.59. The van der Waals surface area contributed by atoms with E-state index in [1.165, 1.54) is 9.13 Å². The second-order valence-corrected chi connectivity index (χ2v) is 7.62. The van der Waals surface area contributed by atoms with E-state index < -0.39 is 0 Å². The Morgan fingerprint density at radius 1 is 0.905 bits per heavy atom. The van der Waals surface area contributed by atoms with Crippen molar-refractivity contribution in [1.29, 1.82) is 0 Å². The van der Waals surface area contributed by atoms with Crippen molar-refractivity contribution in [2.45, 2.75) is 5.33 Å². The molecular formula is C16H17BrIO3+. The Morgan fingerprint density at radius 2 is 1.48 bits per heavy atom. The summed E-state index contributed by atoms with van der Waals surface area (Å²) in [6.45, 7) is 0. The van der Waals surface area contributed by atoms with Crippen LogP contribution in [-0.4, -0.2) is 21.3 Å². The maximum atomic E-state index is 5.51. The van der Waals surface area contributed by atoms with Gasteiger partial charge in [0.1, 0.15) is 5.75 Å². The van der Waals surface area contributed by atoms with Crippen molar-refractivity contribution in [2.75, 3.05) is 21.3 Å². The van der Waals surface area contributed by atoms with E-state index in [1.807, 2.05) is 12.1 Å². The van der Waals surface area contributed by atoms with Crippen LogP contribution in [0.4, 0.5) is 0 Å². The molecule has 5 heteroatoms. The largest absolute Gasteiger partial charge is 0.496 e. The molecule has 0 saturated heterocycles. The summed E-state index contributed by atoms with van der Waals surface area (Å²) < 4.78 is 18.7. The third-order valence-corrected chi connectivity index (χ3v) is 6.52. The lowest BCUT2D eigenvalue weighted by Gasteiger charge is -2.08. The molecule has 0 radical (unpaired) electrons. The maximum Gasteiger partial charge on any atom is 0.366 e. The zero-order chi connectivity index (χ0) is 15.2. The molecule has 0 amide bonds.